The monoisotopic (exact) mass is 310 g/mol. The molecule has 5 atom stereocenters. The van der Waals surface area contributed by atoms with Gasteiger partial charge in [-0.15, -0.1) is 0 Å². The van der Waals surface area contributed by atoms with Crippen molar-refractivity contribution < 1.29 is 9.53 Å². The second kappa shape index (κ2) is 6.55. The Morgan fingerprint density at radius 1 is 1.29 bits per heavy atom. The third-order valence-electron chi connectivity index (χ3n) is 5.82. The molecule has 0 aromatic carbocycles. The van der Waals surface area contributed by atoms with Crippen LogP contribution in [0.3, 0.4) is 0 Å². The van der Waals surface area contributed by atoms with Crippen LogP contribution in [0.25, 0.3) is 0 Å². The lowest BCUT2D eigenvalue weighted by Gasteiger charge is -2.47. The summed E-state index contributed by atoms with van der Waals surface area (Å²) in [4.78, 5) is 0. The van der Waals surface area contributed by atoms with E-state index in [0.717, 1.165) is 11.8 Å². The van der Waals surface area contributed by atoms with Crippen molar-refractivity contribution >= 4 is 8.32 Å². The number of allylic oxidation sites excluding steroid dienone is 1. The van der Waals surface area contributed by atoms with Gasteiger partial charge in [0, 0.05) is 6.10 Å². The summed E-state index contributed by atoms with van der Waals surface area (Å²) < 4.78 is 6.55. The first-order valence-corrected chi connectivity index (χ1v) is 12.1. The minimum atomic E-state index is -1.45. The summed E-state index contributed by atoms with van der Waals surface area (Å²) in [7, 11) is -1.45. The number of rotatable bonds is 5. The summed E-state index contributed by atoms with van der Waals surface area (Å²) in [5.74, 6) is 2.06. The molecular formula is C18H34O2Si. The quantitative estimate of drug-likeness (QED) is 0.593. The molecule has 0 aromatic heterocycles. The van der Waals surface area contributed by atoms with Crippen molar-refractivity contribution in [2.24, 2.45) is 23.2 Å². The molecule has 0 spiro atoms. The Hall–Kier alpha value is -0.123. The van der Waals surface area contributed by atoms with Crippen molar-refractivity contribution in [1.82, 2.24) is 0 Å². The van der Waals surface area contributed by atoms with Crippen LogP contribution in [0.1, 0.15) is 46.0 Å². The number of aliphatic hydroxyl groups is 1. The highest BCUT2D eigenvalue weighted by atomic mass is 28.4. The molecule has 21 heavy (non-hydrogen) atoms. The fourth-order valence-electron chi connectivity index (χ4n) is 5.03. The summed E-state index contributed by atoms with van der Waals surface area (Å²) in [6.07, 6.45) is 11.2. The summed E-state index contributed by atoms with van der Waals surface area (Å²) in [6, 6.07) is 0. The predicted molar refractivity (Wildman–Crippen MR) is 91.8 cm³/mol. The van der Waals surface area contributed by atoms with Crippen molar-refractivity contribution in [2.75, 3.05) is 6.61 Å². The summed E-state index contributed by atoms with van der Waals surface area (Å²) >= 11 is 0. The molecule has 2 aliphatic carbocycles. The van der Waals surface area contributed by atoms with Crippen LogP contribution in [0.2, 0.25) is 19.6 Å². The minimum absolute atomic E-state index is 0.165. The fraction of sp³-hybridized carbons (Fsp3) is 0.889. The summed E-state index contributed by atoms with van der Waals surface area (Å²) in [5, 5.41) is 9.02. The Kier molecular flexibility index (Phi) is 5.38. The van der Waals surface area contributed by atoms with Crippen molar-refractivity contribution in [3.63, 3.8) is 0 Å². The largest absolute Gasteiger partial charge is 0.414 e. The molecule has 3 heteroatoms. The van der Waals surface area contributed by atoms with Crippen LogP contribution in [0.15, 0.2) is 12.2 Å². The molecule has 0 bridgehead atoms. The van der Waals surface area contributed by atoms with E-state index >= 15 is 0 Å². The van der Waals surface area contributed by atoms with Crippen LogP contribution in [0.5, 0.6) is 0 Å². The van der Waals surface area contributed by atoms with Gasteiger partial charge in [0.1, 0.15) is 0 Å². The van der Waals surface area contributed by atoms with E-state index in [1.54, 1.807) is 0 Å². The molecule has 2 unspecified atom stereocenters. The Balaban J connectivity index is 2.13. The summed E-state index contributed by atoms with van der Waals surface area (Å²) in [6.45, 7) is 12.0. The highest BCUT2D eigenvalue weighted by Crippen LogP contribution is 2.58. The second-order valence-electron chi connectivity index (χ2n) is 8.43. The number of aliphatic hydroxyl groups excluding tert-OH is 1. The van der Waals surface area contributed by atoms with Gasteiger partial charge in [-0.05, 0) is 68.5 Å². The molecule has 1 N–H and O–H groups in total. The average molecular weight is 311 g/mol. The van der Waals surface area contributed by atoms with Gasteiger partial charge >= 0.3 is 0 Å². The molecule has 0 aliphatic heterocycles. The molecule has 0 radical (unpaired) electrons. The van der Waals surface area contributed by atoms with Crippen LogP contribution < -0.4 is 0 Å². The van der Waals surface area contributed by atoms with Crippen LogP contribution in [-0.2, 0) is 4.43 Å². The molecular weight excluding hydrogens is 276 g/mol. The Morgan fingerprint density at radius 2 is 2.00 bits per heavy atom. The van der Waals surface area contributed by atoms with Gasteiger partial charge in [0.05, 0.1) is 6.61 Å². The molecule has 0 amide bonds. The maximum Gasteiger partial charge on any atom is 0.184 e. The van der Waals surface area contributed by atoms with Crippen molar-refractivity contribution in [2.45, 2.75) is 71.7 Å². The molecule has 2 rings (SSSR count). The molecule has 2 fully saturated rings. The van der Waals surface area contributed by atoms with Crippen molar-refractivity contribution in [3.05, 3.63) is 12.2 Å². The van der Waals surface area contributed by atoms with E-state index in [0.29, 0.717) is 17.4 Å². The zero-order valence-electron chi connectivity index (χ0n) is 14.6. The van der Waals surface area contributed by atoms with E-state index in [1.165, 1.54) is 32.1 Å². The molecule has 2 aliphatic rings. The zero-order chi connectivity index (χ0) is 15.7. The molecule has 0 aromatic rings. The Labute approximate surface area is 132 Å². The Bertz CT molecular complexity index is 374. The SMILES string of the molecule is C[C@H](C=CCO)[C@H]1CCC2C(O[Si](C)(C)C)CCC[C@@]21C. The lowest BCUT2D eigenvalue weighted by Crippen LogP contribution is -2.46. The van der Waals surface area contributed by atoms with Gasteiger partial charge in [-0.25, -0.2) is 0 Å². The first-order chi connectivity index (χ1) is 9.78. The first-order valence-electron chi connectivity index (χ1n) is 8.73. The Morgan fingerprint density at radius 3 is 2.62 bits per heavy atom. The normalized spacial score (nSPS) is 38.7. The maximum absolute atomic E-state index is 9.02. The zero-order valence-corrected chi connectivity index (χ0v) is 15.6. The van der Waals surface area contributed by atoms with E-state index in [2.05, 4.69) is 39.6 Å². The highest BCUT2D eigenvalue weighted by molar-refractivity contribution is 6.69. The van der Waals surface area contributed by atoms with E-state index in [-0.39, 0.29) is 6.61 Å². The average Bonchev–Trinajstić information content (AvgIpc) is 2.72. The third kappa shape index (κ3) is 3.80. The lowest BCUT2D eigenvalue weighted by molar-refractivity contribution is -0.0135. The van der Waals surface area contributed by atoms with Gasteiger partial charge in [-0.3, -0.25) is 0 Å². The van der Waals surface area contributed by atoms with E-state index in [4.69, 9.17) is 9.53 Å². The number of hydrogen-bond acceptors (Lipinski definition) is 2. The number of hydrogen-bond donors (Lipinski definition) is 1. The lowest BCUT2D eigenvalue weighted by atomic mass is 9.62. The van der Waals surface area contributed by atoms with Crippen LogP contribution in [0, 0.1) is 23.2 Å². The van der Waals surface area contributed by atoms with Crippen LogP contribution in [0.4, 0.5) is 0 Å². The molecule has 2 saturated carbocycles. The minimum Gasteiger partial charge on any atom is -0.414 e. The van der Waals surface area contributed by atoms with Crippen LogP contribution in [-0.4, -0.2) is 26.1 Å². The molecule has 0 heterocycles. The van der Waals surface area contributed by atoms with Gasteiger partial charge in [-0.2, -0.15) is 0 Å². The predicted octanol–water partition coefficient (Wildman–Crippen LogP) is 4.61. The fourth-order valence-corrected chi connectivity index (χ4v) is 6.22. The van der Waals surface area contributed by atoms with E-state index in [9.17, 15) is 0 Å². The molecule has 0 saturated heterocycles. The van der Waals surface area contributed by atoms with Crippen molar-refractivity contribution in [1.29, 1.82) is 0 Å². The third-order valence-corrected chi connectivity index (χ3v) is 6.83. The van der Waals surface area contributed by atoms with E-state index in [1.807, 2.05) is 6.08 Å². The maximum atomic E-state index is 9.02. The second-order valence-corrected chi connectivity index (χ2v) is 12.9. The van der Waals surface area contributed by atoms with Crippen molar-refractivity contribution in [3.8, 4) is 0 Å². The standard InChI is InChI=1S/C18H34O2Si/c1-14(8-7-13-19)15-10-11-16-17(20-21(3,4)5)9-6-12-18(15,16)2/h7-8,14-17,19H,6,9-13H2,1-5H3/t14-,15-,16?,17?,18-/m1/s1. The van der Waals surface area contributed by atoms with Gasteiger partial charge in [0.15, 0.2) is 8.32 Å². The first kappa shape index (κ1) is 17.2. The smallest absolute Gasteiger partial charge is 0.184 e. The van der Waals surface area contributed by atoms with Gasteiger partial charge < -0.3 is 9.53 Å². The summed E-state index contributed by atoms with van der Waals surface area (Å²) in [5.41, 5.74) is 0.432. The molecule has 122 valence electrons. The topological polar surface area (TPSA) is 29.5 Å². The molecule has 2 nitrogen and oxygen atoms in total. The van der Waals surface area contributed by atoms with Gasteiger partial charge in [0.25, 0.3) is 0 Å². The van der Waals surface area contributed by atoms with Gasteiger partial charge in [0.2, 0.25) is 0 Å². The highest BCUT2D eigenvalue weighted by Gasteiger charge is 2.52. The van der Waals surface area contributed by atoms with E-state index < -0.39 is 8.32 Å². The van der Waals surface area contributed by atoms with Crippen LogP contribution >= 0.6 is 0 Å². The number of fused-ring (bicyclic) bond motifs is 1. The van der Waals surface area contributed by atoms with Gasteiger partial charge in [-0.1, -0.05) is 32.4 Å².